The van der Waals surface area contributed by atoms with Crippen molar-refractivity contribution in [2.45, 2.75) is 6.92 Å². The number of nitro groups is 1. The average molecular weight is 266 g/mol. The Kier molecular flexibility index (Phi) is 3.37. The van der Waals surface area contributed by atoms with E-state index in [-0.39, 0.29) is 22.7 Å². The van der Waals surface area contributed by atoms with E-state index in [1.807, 2.05) is 0 Å². The van der Waals surface area contributed by atoms with Gasteiger partial charge in [0.15, 0.2) is 5.69 Å². The van der Waals surface area contributed by atoms with Crippen molar-refractivity contribution in [2.75, 3.05) is 0 Å². The fourth-order valence-electron chi connectivity index (χ4n) is 1.52. The van der Waals surface area contributed by atoms with Gasteiger partial charge in [0.1, 0.15) is 11.6 Å². The van der Waals surface area contributed by atoms with Gasteiger partial charge < -0.3 is 4.52 Å². The highest BCUT2D eigenvalue weighted by Crippen LogP contribution is 2.24. The Labute approximate surface area is 106 Å². The van der Waals surface area contributed by atoms with Gasteiger partial charge in [-0.25, -0.2) is 8.78 Å². The van der Waals surface area contributed by atoms with Crippen molar-refractivity contribution in [3.8, 4) is 0 Å². The number of hydrogen-bond acceptors (Lipinski definition) is 4. The fraction of sp³-hybridized carbons (Fsp3) is 0.0833. The topological polar surface area (TPSA) is 69.2 Å². The van der Waals surface area contributed by atoms with Gasteiger partial charge in [0, 0.05) is 18.6 Å². The lowest BCUT2D eigenvalue weighted by Gasteiger charge is -1.95. The van der Waals surface area contributed by atoms with E-state index in [2.05, 4.69) is 5.16 Å². The lowest BCUT2D eigenvalue weighted by molar-refractivity contribution is -0.386. The third-order valence-electron chi connectivity index (χ3n) is 2.42. The van der Waals surface area contributed by atoms with E-state index in [1.54, 1.807) is 0 Å². The number of halogens is 2. The van der Waals surface area contributed by atoms with Crippen molar-refractivity contribution < 1.29 is 18.2 Å². The summed E-state index contributed by atoms with van der Waals surface area (Å²) in [7, 11) is 0. The molecule has 0 aliphatic rings. The molecule has 19 heavy (non-hydrogen) atoms. The fourth-order valence-corrected chi connectivity index (χ4v) is 1.52. The van der Waals surface area contributed by atoms with Crippen LogP contribution in [0.2, 0.25) is 0 Å². The van der Waals surface area contributed by atoms with Crippen LogP contribution >= 0.6 is 0 Å². The number of hydrogen-bond donors (Lipinski definition) is 0. The molecule has 7 heteroatoms. The Hall–Kier alpha value is -2.57. The van der Waals surface area contributed by atoms with Gasteiger partial charge >= 0.3 is 5.69 Å². The highest BCUT2D eigenvalue weighted by atomic mass is 19.1. The summed E-state index contributed by atoms with van der Waals surface area (Å²) in [6.45, 7) is 1.40. The maximum Gasteiger partial charge on any atom is 0.338 e. The molecule has 1 aromatic carbocycles. The maximum absolute atomic E-state index is 13.3. The summed E-state index contributed by atoms with van der Waals surface area (Å²) in [6, 6.07) is 3.04. The second-order valence-corrected chi connectivity index (χ2v) is 3.73. The molecule has 98 valence electrons. The second kappa shape index (κ2) is 4.97. The molecule has 0 aliphatic carbocycles. The predicted octanol–water partition coefficient (Wildman–Crippen LogP) is 3.34. The molecule has 5 nitrogen and oxygen atoms in total. The lowest BCUT2D eigenvalue weighted by atomic mass is 10.1. The molecule has 0 saturated carbocycles. The van der Waals surface area contributed by atoms with E-state index in [0.717, 1.165) is 12.1 Å². The molecule has 0 spiro atoms. The standard InChI is InChI=1S/C12H8F2N2O3/c1-7-12(16(17)18)11(15-19-7)5-3-8-2-4-9(13)6-10(8)14/h2-6H,1H3. The number of benzene rings is 1. The summed E-state index contributed by atoms with van der Waals surface area (Å²) in [6.07, 6.45) is 2.50. The van der Waals surface area contributed by atoms with Gasteiger partial charge in [-0.2, -0.15) is 0 Å². The normalized spacial score (nSPS) is 11.1. The first kappa shape index (κ1) is 12.9. The zero-order valence-corrected chi connectivity index (χ0v) is 9.76. The Bertz CT molecular complexity index is 665. The van der Waals surface area contributed by atoms with Gasteiger partial charge in [0.2, 0.25) is 5.76 Å². The first-order valence-electron chi connectivity index (χ1n) is 5.23. The third-order valence-corrected chi connectivity index (χ3v) is 2.42. The van der Waals surface area contributed by atoms with Crippen LogP contribution in [-0.2, 0) is 0 Å². The molecule has 0 amide bonds. The van der Waals surface area contributed by atoms with Crippen LogP contribution in [0.5, 0.6) is 0 Å². The van der Waals surface area contributed by atoms with Crippen molar-refractivity contribution in [3.05, 3.63) is 57.0 Å². The Morgan fingerprint density at radius 2 is 2.11 bits per heavy atom. The second-order valence-electron chi connectivity index (χ2n) is 3.73. The Morgan fingerprint density at radius 1 is 1.37 bits per heavy atom. The van der Waals surface area contributed by atoms with Gasteiger partial charge in [0.05, 0.1) is 4.92 Å². The number of aromatic nitrogens is 1. The molecular weight excluding hydrogens is 258 g/mol. The molecule has 1 aromatic heterocycles. The molecule has 0 atom stereocenters. The molecule has 0 saturated heterocycles. The van der Waals surface area contributed by atoms with E-state index in [1.165, 1.54) is 25.1 Å². The van der Waals surface area contributed by atoms with Gasteiger partial charge in [-0.3, -0.25) is 10.1 Å². The number of rotatable bonds is 3. The Balaban J connectivity index is 2.35. The van der Waals surface area contributed by atoms with Gasteiger partial charge in [-0.1, -0.05) is 5.16 Å². The van der Waals surface area contributed by atoms with Crippen LogP contribution in [0.15, 0.2) is 22.7 Å². The molecule has 2 rings (SSSR count). The minimum Gasteiger partial charge on any atom is -0.354 e. The van der Waals surface area contributed by atoms with Crippen LogP contribution in [0.1, 0.15) is 17.0 Å². The molecule has 0 N–H and O–H groups in total. The van der Waals surface area contributed by atoms with Crippen molar-refractivity contribution in [1.29, 1.82) is 0 Å². The minimum atomic E-state index is -0.765. The molecule has 0 unspecified atom stereocenters. The molecule has 1 heterocycles. The van der Waals surface area contributed by atoms with Crippen LogP contribution in [-0.4, -0.2) is 10.1 Å². The van der Waals surface area contributed by atoms with Crippen LogP contribution < -0.4 is 0 Å². The highest BCUT2D eigenvalue weighted by Gasteiger charge is 2.21. The van der Waals surface area contributed by atoms with E-state index in [9.17, 15) is 18.9 Å². The Morgan fingerprint density at radius 3 is 2.74 bits per heavy atom. The first-order valence-corrected chi connectivity index (χ1v) is 5.23. The van der Waals surface area contributed by atoms with Crippen LogP contribution in [0.3, 0.4) is 0 Å². The summed E-state index contributed by atoms with van der Waals surface area (Å²) in [4.78, 5) is 10.1. The van der Waals surface area contributed by atoms with Crippen LogP contribution in [0.25, 0.3) is 12.2 Å². The van der Waals surface area contributed by atoms with Gasteiger partial charge in [-0.05, 0) is 24.3 Å². The van der Waals surface area contributed by atoms with Crippen molar-refractivity contribution in [2.24, 2.45) is 0 Å². The van der Waals surface area contributed by atoms with Crippen LogP contribution in [0, 0.1) is 28.7 Å². The van der Waals surface area contributed by atoms with Crippen molar-refractivity contribution in [3.63, 3.8) is 0 Å². The van der Waals surface area contributed by atoms with E-state index >= 15 is 0 Å². The highest BCUT2D eigenvalue weighted by molar-refractivity contribution is 5.72. The monoisotopic (exact) mass is 266 g/mol. The summed E-state index contributed by atoms with van der Waals surface area (Å²) in [5, 5.41) is 14.3. The SMILES string of the molecule is Cc1onc(C=Cc2ccc(F)cc2F)c1[N+](=O)[O-]. The molecular formula is C12H8F2N2O3. The quantitative estimate of drug-likeness (QED) is 0.631. The summed E-state index contributed by atoms with van der Waals surface area (Å²) < 4.78 is 30.7. The first-order chi connectivity index (χ1) is 8.99. The van der Waals surface area contributed by atoms with Crippen molar-refractivity contribution in [1.82, 2.24) is 5.16 Å². The van der Waals surface area contributed by atoms with Gasteiger partial charge in [-0.15, -0.1) is 0 Å². The van der Waals surface area contributed by atoms with E-state index in [0.29, 0.717) is 0 Å². The number of aryl methyl sites for hydroxylation is 1. The van der Waals surface area contributed by atoms with E-state index < -0.39 is 16.6 Å². The minimum absolute atomic E-state index is 0.0220. The molecule has 0 bridgehead atoms. The average Bonchev–Trinajstić information content (AvgIpc) is 2.69. The summed E-state index contributed by atoms with van der Waals surface area (Å²) in [5.41, 5.74) is -0.207. The van der Waals surface area contributed by atoms with Crippen molar-refractivity contribution >= 4 is 17.8 Å². The van der Waals surface area contributed by atoms with Crippen LogP contribution in [0.4, 0.5) is 14.5 Å². The van der Waals surface area contributed by atoms with Gasteiger partial charge in [0.25, 0.3) is 0 Å². The number of nitrogens with zero attached hydrogens (tertiary/aromatic N) is 2. The largest absolute Gasteiger partial charge is 0.354 e. The van der Waals surface area contributed by atoms with E-state index in [4.69, 9.17) is 4.52 Å². The summed E-state index contributed by atoms with van der Waals surface area (Å²) >= 11 is 0. The molecule has 2 aromatic rings. The summed E-state index contributed by atoms with van der Waals surface area (Å²) in [5.74, 6) is -1.40. The maximum atomic E-state index is 13.3. The predicted molar refractivity (Wildman–Crippen MR) is 63.2 cm³/mol. The third kappa shape index (κ3) is 2.65. The zero-order chi connectivity index (χ0) is 14.0. The molecule has 0 fully saturated rings. The molecule has 0 aliphatic heterocycles. The smallest absolute Gasteiger partial charge is 0.338 e. The lowest BCUT2D eigenvalue weighted by Crippen LogP contribution is -1.90. The zero-order valence-electron chi connectivity index (χ0n) is 9.76. The molecule has 0 radical (unpaired) electrons.